The summed E-state index contributed by atoms with van der Waals surface area (Å²) in [4.78, 5) is 10.0. The average molecular weight is 312 g/mol. The molecule has 2 aromatic heterocycles. The summed E-state index contributed by atoms with van der Waals surface area (Å²) >= 11 is 0. The Balaban J connectivity index is 2.01. The summed E-state index contributed by atoms with van der Waals surface area (Å²) < 4.78 is 39.9. The lowest BCUT2D eigenvalue weighted by atomic mass is 10.2. The van der Waals surface area contributed by atoms with E-state index < -0.39 is 6.36 Å². The Hall–Kier alpha value is -2.51. The van der Waals surface area contributed by atoms with Crippen molar-refractivity contribution in [2.45, 2.75) is 12.9 Å². The highest BCUT2D eigenvalue weighted by atomic mass is 19.4. The normalized spacial score (nSPS) is 11.1. The van der Waals surface area contributed by atoms with Crippen LogP contribution in [0.4, 0.5) is 24.8 Å². The molecule has 0 atom stereocenters. The average Bonchev–Trinajstić information content (AvgIpc) is 2.45. The molecule has 0 aliphatic carbocycles. The van der Waals surface area contributed by atoms with Crippen LogP contribution in [0.1, 0.15) is 5.56 Å². The van der Waals surface area contributed by atoms with E-state index in [1.165, 1.54) is 12.1 Å². The monoisotopic (exact) mass is 312 g/mol. The second-order valence-electron chi connectivity index (χ2n) is 4.66. The molecule has 0 radical (unpaired) electrons. The van der Waals surface area contributed by atoms with Gasteiger partial charge >= 0.3 is 6.36 Å². The van der Waals surface area contributed by atoms with E-state index in [-0.39, 0.29) is 5.75 Å². The van der Waals surface area contributed by atoms with Gasteiger partial charge in [-0.3, -0.25) is 0 Å². The van der Waals surface area contributed by atoms with Crippen LogP contribution in [-0.4, -0.2) is 30.4 Å². The number of anilines is 2. The maximum atomic E-state index is 12.1. The Labute approximate surface area is 125 Å². The fourth-order valence-corrected chi connectivity index (χ4v) is 1.84. The van der Waals surface area contributed by atoms with Crippen molar-refractivity contribution in [3.8, 4) is 5.75 Å². The molecule has 22 heavy (non-hydrogen) atoms. The molecule has 0 aliphatic heterocycles. The van der Waals surface area contributed by atoms with E-state index in [4.69, 9.17) is 0 Å². The molecule has 0 saturated carbocycles. The minimum absolute atomic E-state index is 0.353. The van der Waals surface area contributed by atoms with Gasteiger partial charge in [0.05, 0.1) is 6.20 Å². The number of ether oxygens (including phenoxy) is 1. The Kier molecular flexibility index (Phi) is 4.69. The van der Waals surface area contributed by atoms with Crippen LogP contribution >= 0.6 is 0 Å². The van der Waals surface area contributed by atoms with Crippen LogP contribution in [0.3, 0.4) is 0 Å². The third-order valence-corrected chi connectivity index (χ3v) is 2.72. The number of halogens is 3. The minimum Gasteiger partial charge on any atom is -0.404 e. The summed E-state index contributed by atoms with van der Waals surface area (Å²) in [6.45, 7) is 0.452. The number of rotatable bonds is 5. The molecule has 0 fully saturated rings. The molecule has 2 aromatic rings. The van der Waals surface area contributed by atoms with Gasteiger partial charge in [0, 0.05) is 32.4 Å². The molecule has 0 amide bonds. The first kappa shape index (κ1) is 15.9. The quantitative estimate of drug-likeness (QED) is 0.919. The standard InChI is InChI=1S/C14H15F3N4O/c1-21(2)13-10(4-3-7-18-13)8-19-12-6-5-11(9-20-12)22-14(15,16)17/h3-7,9H,8H2,1-2H3,(H,19,20). The molecule has 2 heterocycles. The van der Waals surface area contributed by atoms with E-state index in [1.54, 1.807) is 6.20 Å². The highest BCUT2D eigenvalue weighted by molar-refractivity contribution is 5.47. The number of hydrogen-bond acceptors (Lipinski definition) is 5. The van der Waals surface area contributed by atoms with Crippen molar-refractivity contribution in [2.24, 2.45) is 0 Å². The first-order valence-electron chi connectivity index (χ1n) is 6.42. The molecule has 0 bridgehead atoms. The van der Waals surface area contributed by atoms with Gasteiger partial charge in [-0.05, 0) is 18.2 Å². The fourth-order valence-electron chi connectivity index (χ4n) is 1.84. The van der Waals surface area contributed by atoms with E-state index >= 15 is 0 Å². The molecule has 8 heteroatoms. The molecule has 0 spiro atoms. The van der Waals surface area contributed by atoms with E-state index in [0.29, 0.717) is 12.4 Å². The zero-order chi connectivity index (χ0) is 16.2. The van der Waals surface area contributed by atoms with Gasteiger partial charge in [-0.1, -0.05) is 6.07 Å². The van der Waals surface area contributed by atoms with E-state index in [2.05, 4.69) is 20.0 Å². The summed E-state index contributed by atoms with van der Waals surface area (Å²) in [5.41, 5.74) is 0.949. The minimum atomic E-state index is -4.72. The second kappa shape index (κ2) is 6.50. The fraction of sp³-hybridized carbons (Fsp3) is 0.286. The molecule has 0 aromatic carbocycles. The summed E-state index contributed by atoms with van der Waals surface area (Å²) in [7, 11) is 3.76. The van der Waals surface area contributed by atoms with E-state index in [9.17, 15) is 13.2 Å². The summed E-state index contributed by atoms with van der Waals surface area (Å²) in [5, 5.41) is 3.03. The largest absolute Gasteiger partial charge is 0.573 e. The SMILES string of the molecule is CN(C)c1ncccc1CNc1ccc(OC(F)(F)F)cn1. The van der Waals surface area contributed by atoms with Crippen molar-refractivity contribution in [2.75, 3.05) is 24.3 Å². The van der Waals surface area contributed by atoms with Gasteiger partial charge in [0.2, 0.25) is 0 Å². The molecule has 2 rings (SSSR count). The molecule has 0 saturated heterocycles. The highest BCUT2D eigenvalue weighted by Crippen LogP contribution is 2.23. The summed E-state index contributed by atoms with van der Waals surface area (Å²) in [6.07, 6.45) is -2.00. The Morgan fingerprint density at radius 2 is 1.95 bits per heavy atom. The van der Waals surface area contributed by atoms with Crippen LogP contribution in [0.2, 0.25) is 0 Å². The second-order valence-corrected chi connectivity index (χ2v) is 4.66. The van der Waals surface area contributed by atoms with Crippen LogP contribution in [0.15, 0.2) is 36.7 Å². The van der Waals surface area contributed by atoms with Crippen molar-refractivity contribution >= 4 is 11.6 Å². The molecular formula is C14H15F3N4O. The van der Waals surface area contributed by atoms with Gasteiger partial charge in [-0.15, -0.1) is 13.2 Å². The number of nitrogens with one attached hydrogen (secondary N) is 1. The molecule has 0 aliphatic rings. The molecule has 0 unspecified atom stereocenters. The van der Waals surface area contributed by atoms with Crippen LogP contribution in [0.25, 0.3) is 0 Å². The van der Waals surface area contributed by atoms with Gasteiger partial charge < -0.3 is 15.0 Å². The lowest BCUT2D eigenvalue weighted by molar-refractivity contribution is -0.274. The molecule has 5 nitrogen and oxygen atoms in total. The van der Waals surface area contributed by atoms with Crippen LogP contribution in [0, 0.1) is 0 Å². The van der Waals surface area contributed by atoms with Crippen LogP contribution in [-0.2, 0) is 6.54 Å². The third kappa shape index (κ3) is 4.51. The smallest absolute Gasteiger partial charge is 0.404 e. The Morgan fingerprint density at radius 1 is 1.18 bits per heavy atom. The summed E-state index contributed by atoms with van der Waals surface area (Å²) in [6, 6.07) is 6.36. The number of hydrogen-bond donors (Lipinski definition) is 1. The highest BCUT2D eigenvalue weighted by Gasteiger charge is 2.31. The lowest BCUT2D eigenvalue weighted by Crippen LogP contribution is -2.17. The van der Waals surface area contributed by atoms with Gasteiger partial charge in [0.15, 0.2) is 0 Å². The van der Waals surface area contributed by atoms with Crippen molar-refractivity contribution < 1.29 is 17.9 Å². The molecular weight excluding hydrogens is 297 g/mol. The summed E-state index contributed by atoms with van der Waals surface area (Å²) in [5.74, 6) is 0.906. The van der Waals surface area contributed by atoms with Crippen LogP contribution < -0.4 is 15.0 Å². The number of pyridine rings is 2. The number of aromatic nitrogens is 2. The van der Waals surface area contributed by atoms with Crippen molar-refractivity contribution in [1.29, 1.82) is 0 Å². The maximum Gasteiger partial charge on any atom is 0.573 e. The van der Waals surface area contributed by atoms with Gasteiger partial charge in [0.25, 0.3) is 0 Å². The van der Waals surface area contributed by atoms with Gasteiger partial charge in [0.1, 0.15) is 17.4 Å². The van der Waals surface area contributed by atoms with E-state index in [1.807, 2.05) is 31.1 Å². The molecule has 118 valence electrons. The Morgan fingerprint density at radius 3 is 2.55 bits per heavy atom. The third-order valence-electron chi connectivity index (χ3n) is 2.72. The molecule has 1 N–H and O–H groups in total. The van der Waals surface area contributed by atoms with Crippen molar-refractivity contribution in [3.63, 3.8) is 0 Å². The topological polar surface area (TPSA) is 50.3 Å². The van der Waals surface area contributed by atoms with Crippen LogP contribution in [0.5, 0.6) is 5.75 Å². The maximum absolute atomic E-state index is 12.1. The number of nitrogens with zero attached hydrogens (tertiary/aromatic N) is 3. The van der Waals surface area contributed by atoms with E-state index in [0.717, 1.165) is 17.6 Å². The zero-order valence-corrected chi connectivity index (χ0v) is 12.1. The predicted molar refractivity (Wildman–Crippen MR) is 76.8 cm³/mol. The zero-order valence-electron chi connectivity index (χ0n) is 12.1. The van der Waals surface area contributed by atoms with Gasteiger partial charge in [-0.2, -0.15) is 0 Å². The van der Waals surface area contributed by atoms with Crippen molar-refractivity contribution in [1.82, 2.24) is 9.97 Å². The predicted octanol–water partition coefficient (Wildman–Crippen LogP) is 3.05. The lowest BCUT2D eigenvalue weighted by Gasteiger charge is -2.16. The first-order valence-corrected chi connectivity index (χ1v) is 6.42. The Bertz CT molecular complexity index is 614. The van der Waals surface area contributed by atoms with Gasteiger partial charge in [-0.25, -0.2) is 9.97 Å². The number of alkyl halides is 3. The van der Waals surface area contributed by atoms with Crippen molar-refractivity contribution in [3.05, 3.63) is 42.2 Å². The first-order chi connectivity index (χ1) is 10.3.